The van der Waals surface area contributed by atoms with Gasteiger partial charge in [0.2, 0.25) is 6.86 Å². The number of carboxylic acid groups (broad SMARTS) is 1. The molecule has 200 valence electrons. The Hall–Kier alpha value is -3.94. The fraction of sp³-hybridized carbons (Fsp3) is 0.226. The number of fused-ring (bicyclic) bond motifs is 1. The van der Waals surface area contributed by atoms with Crippen molar-refractivity contribution in [1.82, 2.24) is 4.98 Å². The fourth-order valence-corrected chi connectivity index (χ4v) is 4.31. The number of aromatic nitrogens is 1. The van der Waals surface area contributed by atoms with E-state index in [-0.39, 0.29) is 23.7 Å². The number of hydrogen-bond acceptors (Lipinski definition) is 5. The van der Waals surface area contributed by atoms with E-state index in [9.17, 15) is 14.3 Å². The van der Waals surface area contributed by atoms with Crippen molar-refractivity contribution in [3.8, 4) is 11.5 Å². The van der Waals surface area contributed by atoms with E-state index in [2.05, 4.69) is 4.98 Å². The molecule has 6 nitrogen and oxygen atoms in total. The quantitative estimate of drug-likeness (QED) is 0.197. The smallest absolute Gasteiger partial charge is 0.339 e. The molecule has 4 aromatic rings. The Morgan fingerprint density at radius 3 is 2.69 bits per heavy atom. The standard InChI is InChI=1S/C31H27ClFNO5/c32-24-9-7-22-8-11-25(34-28(22)15-24)10-6-20-2-1-3-23(14-20)30(37-17-21-4-5-21)18-38-29-13-12-26(39-19-33)16-27(29)31(35)36/h1-3,6-16,21,30H,4-5,17-19H2,(H,35,36)/b10-6+. The Morgan fingerprint density at radius 1 is 1.05 bits per heavy atom. The Morgan fingerprint density at radius 2 is 1.90 bits per heavy atom. The first-order valence-electron chi connectivity index (χ1n) is 12.6. The van der Waals surface area contributed by atoms with Gasteiger partial charge in [0, 0.05) is 10.4 Å². The van der Waals surface area contributed by atoms with E-state index in [0.29, 0.717) is 17.5 Å². The molecule has 1 N–H and O–H groups in total. The second-order valence-corrected chi connectivity index (χ2v) is 9.81. The number of carbonyl (C=O) groups is 1. The van der Waals surface area contributed by atoms with Crippen LogP contribution in [0.5, 0.6) is 11.5 Å². The minimum absolute atomic E-state index is 0.108. The van der Waals surface area contributed by atoms with Gasteiger partial charge < -0.3 is 19.3 Å². The molecule has 1 aliphatic carbocycles. The number of ether oxygens (including phenoxy) is 3. The van der Waals surface area contributed by atoms with Crippen molar-refractivity contribution < 1.29 is 28.5 Å². The molecule has 0 amide bonds. The molecule has 39 heavy (non-hydrogen) atoms. The molecule has 1 aliphatic rings. The molecule has 1 saturated carbocycles. The highest BCUT2D eigenvalue weighted by Gasteiger charge is 2.25. The van der Waals surface area contributed by atoms with E-state index in [1.807, 2.05) is 66.7 Å². The van der Waals surface area contributed by atoms with Crippen LogP contribution in [0.4, 0.5) is 4.39 Å². The molecule has 1 atom stereocenters. The summed E-state index contributed by atoms with van der Waals surface area (Å²) in [6.45, 7) is -0.338. The number of aromatic carboxylic acids is 1. The minimum atomic E-state index is -1.19. The summed E-state index contributed by atoms with van der Waals surface area (Å²) in [5.74, 6) is -0.379. The van der Waals surface area contributed by atoms with Crippen LogP contribution in [0.2, 0.25) is 5.02 Å². The topological polar surface area (TPSA) is 77.9 Å². The molecule has 1 heterocycles. The molecule has 3 aromatic carbocycles. The van der Waals surface area contributed by atoms with Crippen LogP contribution < -0.4 is 9.47 Å². The molecule has 0 spiro atoms. The van der Waals surface area contributed by atoms with Gasteiger partial charge in [-0.3, -0.25) is 0 Å². The number of hydrogen-bond donors (Lipinski definition) is 1. The van der Waals surface area contributed by atoms with Crippen LogP contribution in [0.25, 0.3) is 23.1 Å². The number of halogens is 2. The van der Waals surface area contributed by atoms with E-state index in [0.717, 1.165) is 40.6 Å². The predicted octanol–water partition coefficient (Wildman–Crippen LogP) is 7.61. The predicted molar refractivity (Wildman–Crippen MR) is 149 cm³/mol. The second kappa shape index (κ2) is 12.3. The number of alkyl halides is 1. The SMILES string of the molecule is O=C(O)c1cc(OCF)ccc1OCC(OCC1CC1)c1cccc(/C=C/c2ccc3ccc(Cl)cc3n2)c1. The van der Waals surface area contributed by atoms with Gasteiger partial charge in [-0.2, -0.15) is 0 Å². The molecular weight excluding hydrogens is 521 g/mol. The van der Waals surface area contributed by atoms with E-state index in [4.69, 9.17) is 25.8 Å². The molecule has 1 aromatic heterocycles. The third-order valence-corrected chi connectivity index (χ3v) is 6.66. The maximum Gasteiger partial charge on any atom is 0.339 e. The Labute approximate surface area is 230 Å². The van der Waals surface area contributed by atoms with Crippen LogP contribution >= 0.6 is 11.6 Å². The fourth-order valence-electron chi connectivity index (χ4n) is 4.14. The van der Waals surface area contributed by atoms with Gasteiger partial charge in [-0.05, 0) is 78.4 Å². The van der Waals surface area contributed by atoms with Crippen LogP contribution in [-0.4, -0.2) is 36.1 Å². The minimum Gasteiger partial charge on any atom is -0.490 e. The molecule has 0 radical (unpaired) electrons. The van der Waals surface area contributed by atoms with Gasteiger partial charge in [-0.1, -0.05) is 48.0 Å². The first kappa shape index (κ1) is 26.7. The number of pyridine rings is 1. The summed E-state index contributed by atoms with van der Waals surface area (Å²) in [5, 5.41) is 11.3. The van der Waals surface area contributed by atoms with Crippen LogP contribution in [-0.2, 0) is 4.74 Å². The lowest BCUT2D eigenvalue weighted by molar-refractivity contribution is 0.0128. The van der Waals surface area contributed by atoms with Crippen LogP contribution in [0, 0.1) is 5.92 Å². The largest absolute Gasteiger partial charge is 0.490 e. The zero-order valence-electron chi connectivity index (χ0n) is 21.1. The average Bonchev–Trinajstić information content (AvgIpc) is 3.77. The second-order valence-electron chi connectivity index (χ2n) is 9.37. The van der Waals surface area contributed by atoms with Crippen molar-refractivity contribution in [2.75, 3.05) is 20.1 Å². The van der Waals surface area contributed by atoms with Gasteiger partial charge in [-0.25, -0.2) is 14.2 Å². The summed E-state index contributed by atoms with van der Waals surface area (Å²) in [5.41, 5.74) is 3.39. The van der Waals surface area contributed by atoms with Crippen LogP contribution in [0.1, 0.15) is 46.1 Å². The highest BCUT2D eigenvalue weighted by molar-refractivity contribution is 6.31. The third kappa shape index (κ3) is 7.13. The van der Waals surface area contributed by atoms with Crippen LogP contribution in [0.15, 0.2) is 72.8 Å². The Kier molecular flexibility index (Phi) is 8.39. The Balaban J connectivity index is 1.34. The summed E-state index contributed by atoms with van der Waals surface area (Å²) in [6, 6.07) is 21.7. The summed E-state index contributed by atoms with van der Waals surface area (Å²) in [7, 11) is 0. The Bertz CT molecular complexity index is 1500. The highest BCUT2D eigenvalue weighted by Crippen LogP contribution is 2.32. The molecule has 0 bridgehead atoms. The number of nitrogens with zero attached hydrogens (tertiary/aromatic N) is 1. The first-order chi connectivity index (χ1) is 19.0. The molecule has 0 saturated heterocycles. The molecule has 1 unspecified atom stereocenters. The summed E-state index contributed by atoms with van der Waals surface area (Å²) in [4.78, 5) is 16.4. The number of rotatable bonds is 12. The van der Waals surface area contributed by atoms with Crippen molar-refractivity contribution in [2.24, 2.45) is 5.92 Å². The van der Waals surface area contributed by atoms with E-state index in [1.165, 1.54) is 18.2 Å². The normalized spacial score (nSPS) is 14.0. The van der Waals surface area contributed by atoms with E-state index in [1.54, 1.807) is 0 Å². The van der Waals surface area contributed by atoms with Gasteiger partial charge in [0.1, 0.15) is 29.8 Å². The third-order valence-electron chi connectivity index (χ3n) is 6.43. The lowest BCUT2D eigenvalue weighted by Crippen LogP contribution is -2.16. The van der Waals surface area contributed by atoms with Gasteiger partial charge in [-0.15, -0.1) is 0 Å². The van der Waals surface area contributed by atoms with Crippen molar-refractivity contribution in [2.45, 2.75) is 18.9 Å². The van der Waals surface area contributed by atoms with Gasteiger partial charge in [0.15, 0.2) is 0 Å². The molecular formula is C31H27ClFNO5. The maximum atomic E-state index is 12.5. The zero-order chi connectivity index (χ0) is 27.2. The van der Waals surface area contributed by atoms with Crippen molar-refractivity contribution >= 4 is 40.6 Å². The summed E-state index contributed by atoms with van der Waals surface area (Å²) in [6.07, 6.45) is 5.78. The van der Waals surface area contributed by atoms with Crippen molar-refractivity contribution in [3.05, 3.63) is 100 Å². The monoisotopic (exact) mass is 547 g/mol. The first-order valence-corrected chi connectivity index (χ1v) is 13.0. The van der Waals surface area contributed by atoms with E-state index >= 15 is 0 Å². The van der Waals surface area contributed by atoms with Crippen molar-refractivity contribution in [3.63, 3.8) is 0 Å². The maximum absolute atomic E-state index is 12.5. The number of benzene rings is 3. The molecule has 8 heteroatoms. The molecule has 5 rings (SSSR count). The zero-order valence-corrected chi connectivity index (χ0v) is 21.8. The van der Waals surface area contributed by atoms with E-state index < -0.39 is 18.9 Å². The van der Waals surface area contributed by atoms with Gasteiger partial charge in [0.25, 0.3) is 0 Å². The van der Waals surface area contributed by atoms with Crippen LogP contribution in [0.3, 0.4) is 0 Å². The number of carboxylic acids is 1. The average molecular weight is 548 g/mol. The lowest BCUT2D eigenvalue weighted by Gasteiger charge is -2.20. The summed E-state index contributed by atoms with van der Waals surface area (Å²) >= 11 is 6.12. The van der Waals surface area contributed by atoms with Gasteiger partial charge >= 0.3 is 5.97 Å². The molecule has 1 fully saturated rings. The molecule has 0 aliphatic heterocycles. The summed E-state index contributed by atoms with van der Waals surface area (Å²) < 4.78 is 29.5. The highest BCUT2D eigenvalue weighted by atomic mass is 35.5. The van der Waals surface area contributed by atoms with Crippen molar-refractivity contribution in [1.29, 1.82) is 0 Å². The lowest BCUT2D eigenvalue weighted by atomic mass is 10.1. The van der Waals surface area contributed by atoms with Gasteiger partial charge in [0.05, 0.1) is 17.8 Å².